The smallest absolute Gasteiger partial charge is 0.00369 e. The molecule has 76 valence electrons. The lowest BCUT2D eigenvalue weighted by atomic mass is 10.2. The highest BCUT2D eigenvalue weighted by Gasteiger charge is 1.85. The van der Waals surface area contributed by atoms with Crippen LogP contribution in [-0.2, 0) is 0 Å². The largest absolute Gasteiger partial charge is 0.330 e. The van der Waals surface area contributed by atoms with Crippen LogP contribution in [0.5, 0.6) is 0 Å². The van der Waals surface area contributed by atoms with Crippen LogP contribution in [0.1, 0.15) is 46.5 Å². The molecule has 0 aliphatic carbocycles. The van der Waals surface area contributed by atoms with Gasteiger partial charge in [-0.15, -0.1) is 0 Å². The monoisotopic (exact) mass is 174 g/mol. The Labute approximate surface area is 77.9 Å². The van der Waals surface area contributed by atoms with Gasteiger partial charge >= 0.3 is 0 Å². The van der Waals surface area contributed by atoms with Gasteiger partial charge in [0.2, 0.25) is 0 Å². The summed E-state index contributed by atoms with van der Waals surface area (Å²) < 4.78 is 0. The molecule has 0 saturated heterocycles. The third kappa shape index (κ3) is 16.5. The van der Waals surface area contributed by atoms with Crippen molar-refractivity contribution < 1.29 is 0 Å². The molecule has 0 rings (SSSR count). The Hall–Kier alpha value is -0.0800. The number of hydrogen-bond donors (Lipinski definition) is 2. The minimum atomic E-state index is 0.806. The zero-order valence-corrected chi connectivity index (χ0v) is 9.03. The molecule has 0 saturated carbocycles. The van der Waals surface area contributed by atoms with Crippen molar-refractivity contribution in [2.75, 3.05) is 19.6 Å². The first-order valence-electron chi connectivity index (χ1n) is 5.32. The zero-order chi connectivity index (χ0) is 9.66. The first-order valence-corrected chi connectivity index (χ1v) is 5.32. The number of unbranched alkanes of at least 4 members (excludes halogenated alkanes) is 2. The van der Waals surface area contributed by atoms with Gasteiger partial charge < -0.3 is 11.1 Å². The molecule has 0 aromatic rings. The van der Waals surface area contributed by atoms with E-state index in [2.05, 4.69) is 12.2 Å². The van der Waals surface area contributed by atoms with Gasteiger partial charge in [-0.3, -0.25) is 0 Å². The average Bonchev–Trinajstić information content (AvgIpc) is 2.15. The highest BCUT2D eigenvalue weighted by atomic mass is 14.8. The third-order valence-corrected chi connectivity index (χ3v) is 1.51. The molecule has 3 N–H and O–H groups in total. The quantitative estimate of drug-likeness (QED) is 0.580. The Balaban J connectivity index is 0. The van der Waals surface area contributed by atoms with E-state index in [1.165, 1.54) is 19.3 Å². The van der Waals surface area contributed by atoms with Crippen LogP contribution in [0.3, 0.4) is 0 Å². The van der Waals surface area contributed by atoms with E-state index in [1.54, 1.807) is 0 Å². The van der Waals surface area contributed by atoms with E-state index in [4.69, 9.17) is 5.73 Å². The molecule has 0 radical (unpaired) electrons. The maximum atomic E-state index is 5.33. The van der Waals surface area contributed by atoms with Crippen LogP contribution in [0.2, 0.25) is 0 Å². The van der Waals surface area contributed by atoms with E-state index in [0.29, 0.717) is 0 Å². The highest BCUT2D eigenvalue weighted by Crippen LogP contribution is 1.90. The first-order chi connectivity index (χ1) is 5.91. The molecule has 0 heterocycles. The van der Waals surface area contributed by atoms with Crippen molar-refractivity contribution >= 4 is 0 Å². The van der Waals surface area contributed by atoms with Crippen molar-refractivity contribution in [2.45, 2.75) is 46.5 Å². The Morgan fingerprint density at radius 1 is 1.00 bits per heavy atom. The molecule has 0 atom stereocenters. The Bertz CT molecular complexity index is 47.8. The van der Waals surface area contributed by atoms with Crippen molar-refractivity contribution in [3.05, 3.63) is 0 Å². The molecule has 0 aromatic carbocycles. The van der Waals surface area contributed by atoms with Crippen molar-refractivity contribution in [1.82, 2.24) is 5.32 Å². The van der Waals surface area contributed by atoms with E-state index >= 15 is 0 Å². The molecule has 2 heteroatoms. The predicted octanol–water partition coefficient (Wildman–Crippen LogP) is 2.14. The van der Waals surface area contributed by atoms with Crippen LogP contribution < -0.4 is 11.1 Å². The summed E-state index contributed by atoms with van der Waals surface area (Å²) in [5.41, 5.74) is 5.33. The number of rotatable bonds is 7. The van der Waals surface area contributed by atoms with Crippen molar-refractivity contribution in [3.8, 4) is 0 Å². The summed E-state index contributed by atoms with van der Waals surface area (Å²) in [5.74, 6) is 0. The molecule has 0 bridgehead atoms. The van der Waals surface area contributed by atoms with Crippen molar-refractivity contribution in [1.29, 1.82) is 0 Å². The van der Waals surface area contributed by atoms with Crippen LogP contribution >= 0.6 is 0 Å². The summed E-state index contributed by atoms with van der Waals surface area (Å²) in [6.07, 6.45) is 5.06. The summed E-state index contributed by atoms with van der Waals surface area (Å²) in [4.78, 5) is 0. The van der Waals surface area contributed by atoms with Gasteiger partial charge in [-0.1, -0.05) is 33.6 Å². The van der Waals surface area contributed by atoms with Gasteiger partial charge in [-0.25, -0.2) is 0 Å². The maximum absolute atomic E-state index is 5.33. The number of nitrogens with one attached hydrogen (secondary N) is 1. The fraction of sp³-hybridized carbons (Fsp3) is 1.00. The second-order valence-electron chi connectivity index (χ2n) is 2.60. The summed E-state index contributed by atoms with van der Waals surface area (Å²) >= 11 is 0. The molecule has 0 amide bonds. The first kappa shape index (κ1) is 14.4. The number of nitrogens with two attached hydrogens (primary N) is 1. The summed E-state index contributed by atoms with van der Waals surface area (Å²) in [5, 5.41) is 3.34. The molecular weight excluding hydrogens is 148 g/mol. The normalized spacial score (nSPS) is 9.00. The minimum Gasteiger partial charge on any atom is -0.330 e. The molecule has 0 unspecified atom stereocenters. The summed E-state index contributed by atoms with van der Waals surface area (Å²) in [6, 6.07) is 0. The van der Waals surface area contributed by atoms with Crippen molar-refractivity contribution in [3.63, 3.8) is 0 Å². The summed E-state index contributed by atoms with van der Waals surface area (Å²) in [6.45, 7) is 9.27. The second kappa shape index (κ2) is 17.1. The Kier molecular flexibility index (Phi) is 20.6. The molecule has 0 aliphatic heterocycles. The molecular formula is C10H26N2. The SMILES string of the molecule is CC.CCCCCNCCCN. The number of hydrogen-bond acceptors (Lipinski definition) is 2. The van der Waals surface area contributed by atoms with Gasteiger partial charge in [0.15, 0.2) is 0 Å². The molecule has 0 aliphatic rings. The maximum Gasteiger partial charge on any atom is -0.00369 e. The van der Waals surface area contributed by atoms with E-state index in [1.807, 2.05) is 13.8 Å². The van der Waals surface area contributed by atoms with Crippen LogP contribution in [0, 0.1) is 0 Å². The van der Waals surface area contributed by atoms with Crippen LogP contribution in [-0.4, -0.2) is 19.6 Å². The van der Waals surface area contributed by atoms with Gasteiger partial charge in [-0.05, 0) is 32.5 Å². The van der Waals surface area contributed by atoms with Gasteiger partial charge in [0, 0.05) is 0 Å². The fourth-order valence-electron chi connectivity index (χ4n) is 0.852. The molecule has 0 spiro atoms. The van der Waals surface area contributed by atoms with Crippen LogP contribution in [0.15, 0.2) is 0 Å². The van der Waals surface area contributed by atoms with E-state index in [9.17, 15) is 0 Å². The van der Waals surface area contributed by atoms with Crippen LogP contribution in [0.4, 0.5) is 0 Å². The predicted molar refractivity (Wildman–Crippen MR) is 57.4 cm³/mol. The molecule has 0 fully saturated rings. The highest BCUT2D eigenvalue weighted by molar-refractivity contribution is 4.48. The summed E-state index contributed by atoms with van der Waals surface area (Å²) in [7, 11) is 0. The van der Waals surface area contributed by atoms with Gasteiger partial charge in [0.05, 0.1) is 0 Å². The fourth-order valence-corrected chi connectivity index (χ4v) is 0.852. The van der Waals surface area contributed by atoms with Gasteiger partial charge in [0.1, 0.15) is 0 Å². The Morgan fingerprint density at radius 3 is 2.08 bits per heavy atom. The molecule has 0 aromatic heterocycles. The van der Waals surface area contributed by atoms with Crippen molar-refractivity contribution in [2.24, 2.45) is 5.73 Å². The zero-order valence-electron chi connectivity index (χ0n) is 9.03. The minimum absolute atomic E-state index is 0.806. The van der Waals surface area contributed by atoms with E-state index < -0.39 is 0 Å². The average molecular weight is 174 g/mol. The third-order valence-electron chi connectivity index (χ3n) is 1.51. The topological polar surface area (TPSA) is 38.0 Å². The lowest BCUT2D eigenvalue weighted by Gasteiger charge is -2.01. The molecule has 2 nitrogen and oxygen atoms in total. The lowest BCUT2D eigenvalue weighted by molar-refractivity contribution is 0.602. The van der Waals surface area contributed by atoms with Crippen LogP contribution in [0.25, 0.3) is 0 Å². The Morgan fingerprint density at radius 2 is 1.58 bits per heavy atom. The van der Waals surface area contributed by atoms with E-state index in [-0.39, 0.29) is 0 Å². The van der Waals surface area contributed by atoms with E-state index in [0.717, 1.165) is 26.1 Å². The second-order valence-corrected chi connectivity index (χ2v) is 2.60. The standard InChI is InChI=1S/C8H20N2.C2H6/c1-2-3-4-7-10-8-5-6-9;1-2/h10H,2-9H2,1H3;1-2H3. The van der Waals surface area contributed by atoms with Gasteiger partial charge in [0.25, 0.3) is 0 Å². The lowest BCUT2D eigenvalue weighted by Crippen LogP contribution is -2.19. The molecule has 12 heavy (non-hydrogen) atoms. The van der Waals surface area contributed by atoms with Gasteiger partial charge in [-0.2, -0.15) is 0 Å².